The summed E-state index contributed by atoms with van der Waals surface area (Å²) >= 11 is 8.92. The molecule has 592 valence electrons. The molecule has 0 fully saturated rings. The lowest BCUT2D eigenvalue weighted by Crippen LogP contribution is -2.20. The predicted molar refractivity (Wildman–Crippen MR) is 465 cm³/mol. The molecule has 14 aromatic rings. The number of pyridine rings is 3. The minimum Gasteiger partial charge on any atom is -0.465 e. The summed E-state index contributed by atoms with van der Waals surface area (Å²) in [5.74, 6) is -0.560. The summed E-state index contributed by atoms with van der Waals surface area (Å²) in [5, 5.41) is 8.88. The minimum atomic E-state index is -0.554. The maximum atomic E-state index is 12.5. The molecule has 0 atom stereocenters. The van der Waals surface area contributed by atoms with E-state index in [-0.39, 0.29) is 28.6 Å². The Bertz CT molecular complexity index is 5900. The van der Waals surface area contributed by atoms with Gasteiger partial charge in [0.25, 0.3) is 5.91 Å². The van der Waals surface area contributed by atoms with Gasteiger partial charge < -0.3 is 44.6 Å². The standard InChI is InChI=1S/C23H22N4O2.C23H20N2O2.C22H21N5O2.C18H16BrNO2.C6H6ClFN2/c1-15-11-21-20(13-19(15)17-8-6-10-24-14-17)25-23(27(21)3)26(2)18-9-5-7-16(12-18)22(28)29-4;1-15-9-19-12-20(11-16-5-3-6-17(10-16)23(26)27-2)25-22(19)13-21(15)18-7-4-8-24-14-18;1-14-10-20-19(12-18(14)16-7-5-9-23-13-16)24-22(27(20)3)26(2)17-8-4-6-15(11-17)21(28)25-29;1-11-6-14-9-15(20-17(14)10-16(11)19)8-12-4-3-5-13(7-12)18(21)22-2;7-3-1-5(9)6(10)2-4(3)8/h5-14H,1-4H3;3-10,13-14H,11-12H2,1-2H3;4-13,29H,1-3H3,(H,25,28);3-7,10H,8-9H2,1-2H3;1-2H,9-10H2. The third kappa shape index (κ3) is 19.5. The first-order valence-electron chi connectivity index (χ1n) is 37.1. The normalized spacial score (nSPS) is 11.5. The number of imidazole rings is 2. The van der Waals surface area contributed by atoms with E-state index in [9.17, 15) is 23.6 Å². The number of aromatic nitrogens is 7. The predicted octanol–water partition coefficient (Wildman–Crippen LogP) is 19.1. The highest BCUT2D eigenvalue weighted by Gasteiger charge is 2.23. The number of anilines is 6. The number of benzene rings is 9. The average molecular weight is 1650 g/mol. The van der Waals surface area contributed by atoms with Gasteiger partial charge >= 0.3 is 17.9 Å². The molecular weight excluding hydrogens is 1560 g/mol. The van der Waals surface area contributed by atoms with Crippen molar-refractivity contribution in [3.63, 3.8) is 0 Å². The van der Waals surface area contributed by atoms with Crippen LogP contribution in [-0.2, 0) is 54.0 Å². The summed E-state index contributed by atoms with van der Waals surface area (Å²) in [5.41, 5.74) is 40.6. The van der Waals surface area contributed by atoms with Crippen molar-refractivity contribution in [3.05, 3.63) is 313 Å². The first kappa shape index (κ1) is 82.9. The molecule has 7 heterocycles. The van der Waals surface area contributed by atoms with Crippen LogP contribution in [-0.4, -0.2) is 110 Å². The summed E-state index contributed by atoms with van der Waals surface area (Å²) < 4.78 is 32.1. The molecule has 25 heteroatoms. The number of aryl methyl sites for hydroxylation is 6. The van der Waals surface area contributed by atoms with E-state index in [2.05, 4.69) is 124 Å². The van der Waals surface area contributed by atoms with E-state index < -0.39 is 11.7 Å². The molecule has 5 aromatic heterocycles. The zero-order valence-electron chi connectivity index (χ0n) is 66.3. The van der Waals surface area contributed by atoms with Crippen LogP contribution >= 0.6 is 27.5 Å². The van der Waals surface area contributed by atoms with Gasteiger partial charge in [0.1, 0.15) is 5.82 Å². The number of hydrogen-bond acceptors (Lipinski definition) is 19. The number of nitrogens with zero attached hydrogens (tertiary/aromatic N) is 11. The van der Waals surface area contributed by atoms with Crippen molar-refractivity contribution >= 4 is 131 Å². The Morgan fingerprint density at radius 1 is 0.504 bits per heavy atom. The Balaban J connectivity index is 0.000000139. The van der Waals surface area contributed by atoms with Crippen LogP contribution < -0.4 is 26.7 Å². The number of methoxy groups -OCH3 is 3. The minimum absolute atomic E-state index is 0.00769. The molecular formula is C92H85BrClFN14O8. The number of ether oxygens (including phenoxy) is 3. The molecule has 0 aliphatic carbocycles. The zero-order valence-corrected chi connectivity index (χ0v) is 68.6. The van der Waals surface area contributed by atoms with Crippen molar-refractivity contribution in [2.75, 3.05) is 56.7 Å². The number of fused-ring (bicyclic) bond motifs is 4. The SMILES string of the molecule is COC(=O)c1cccc(CC2=Nc3cc(-c4cccnc4)c(C)cc3C2)c1.COC(=O)c1cccc(CC2=Nc3cc(Br)c(C)cc3C2)c1.COC(=O)c1cccc(N(C)c2nc3cc(-c4cccnc4)c(C)cc3n2C)c1.Cc1cc2c(cc1-c1cccnc1)nc(N(C)c1cccc(C(=O)NO)c1)n2C.Nc1cc(F)c(Cl)cc1N. The van der Waals surface area contributed by atoms with Gasteiger partial charge in [-0.3, -0.25) is 34.9 Å². The van der Waals surface area contributed by atoms with Crippen LogP contribution in [0, 0.1) is 33.5 Å². The van der Waals surface area contributed by atoms with Gasteiger partial charge in [-0.2, -0.15) is 0 Å². The van der Waals surface area contributed by atoms with Crippen molar-refractivity contribution in [1.29, 1.82) is 0 Å². The number of amides is 1. The zero-order chi connectivity index (χ0) is 83.3. The van der Waals surface area contributed by atoms with Crippen LogP contribution in [0.2, 0.25) is 5.02 Å². The number of rotatable bonds is 15. The van der Waals surface area contributed by atoms with E-state index in [1.807, 2.05) is 140 Å². The monoisotopic (exact) mass is 1650 g/mol. The molecule has 22 nitrogen and oxygen atoms in total. The Morgan fingerprint density at radius 3 is 1.32 bits per heavy atom. The van der Waals surface area contributed by atoms with Crippen molar-refractivity contribution in [2.45, 2.75) is 53.4 Å². The third-order valence-corrected chi connectivity index (χ3v) is 21.1. The molecule has 0 spiro atoms. The van der Waals surface area contributed by atoms with Crippen LogP contribution in [0.1, 0.15) is 85.9 Å². The highest BCUT2D eigenvalue weighted by Crippen LogP contribution is 2.39. The van der Waals surface area contributed by atoms with E-state index in [4.69, 9.17) is 62.4 Å². The second kappa shape index (κ2) is 37.2. The maximum absolute atomic E-state index is 12.5. The number of carbonyl (C=O) groups excluding carboxylic acids is 4. The number of nitrogens with one attached hydrogen (secondary N) is 1. The van der Waals surface area contributed by atoms with Gasteiger partial charge in [-0.05, 0) is 210 Å². The first-order chi connectivity index (χ1) is 56.3. The fourth-order valence-corrected chi connectivity index (χ4v) is 14.3. The summed E-state index contributed by atoms with van der Waals surface area (Å²) in [4.78, 5) is 82.7. The largest absolute Gasteiger partial charge is 0.465 e. The topological polar surface area (TPSA) is 286 Å². The third-order valence-electron chi connectivity index (χ3n) is 19.9. The van der Waals surface area contributed by atoms with Crippen LogP contribution in [0.3, 0.4) is 0 Å². The Labute approximate surface area is 690 Å². The number of hydrogen-bond donors (Lipinski definition) is 4. The molecule has 2 aliphatic heterocycles. The quantitative estimate of drug-likeness (QED) is 0.0244. The lowest BCUT2D eigenvalue weighted by molar-refractivity contribution is 0.0591. The number of carbonyl (C=O) groups is 4. The van der Waals surface area contributed by atoms with Gasteiger partial charge in [-0.15, -0.1) is 0 Å². The number of esters is 3. The van der Waals surface area contributed by atoms with Gasteiger partial charge in [0, 0.05) is 147 Å². The van der Waals surface area contributed by atoms with Gasteiger partial charge in [-0.1, -0.05) is 94.3 Å². The fourth-order valence-electron chi connectivity index (χ4n) is 13.8. The van der Waals surface area contributed by atoms with Crippen molar-refractivity contribution in [1.82, 2.24) is 39.5 Å². The van der Waals surface area contributed by atoms with Gasteiger partial charge in [0.2, 0.25) is 11.9 Å². The molecule has 16 rings (SSSR count). The smallest absolute Gasteiger partial charge is 0.337 e. The first-order valence-corrected chi connectivity index (χ1v) is 38.2. The fraction of sp³-hybridized carbons (Fsp3) is 0.163. The van der Waals surface area contributed by atoms with Crippen LogP contribution in [0.25, 0.3) is 55.4 Å². The molecule has 0 radical (unpaired) electrons. The Kier molecular flexibility index (Phi) is 26.3. The number of hydroxylamine groups is 1. The highest BCUT2D eigenvalue weighted by atomic mass is 79.9. The lowest BCUT2D eigenvalue weighted by Gasteiger charge is -2.19. The van der Waals surface area contributed by atoms with E-state index in [0.717, 1.165) is 154 Å². The van der Waals surface area contributed by atoms with Crippen LogP contribution in [0.5, 0.6) is 0 Å². The lowest BCUT2D eigenvalue weighted by atomic mass is 9.96. The van der Waals surface area contributed by atoms with Crippen LogP contribution in [0.4, 0.5) is 50.4 Å². The Morgan fingerprint density at radius 2 is 0.897 bits per heavy atom. The summed E-state index contributed by atoms with van der Waals surface area (Å²) in [6, 6.07) is 60.8. The van der Waals surface area contributed by atoms with E-state index in [1.165, 1.54) is 55.2 Å². The number of halogens is 3. The van der Waals surface area contributed by atoms with Gasteiger partial charge in [-0.25, -0.2) is 34.2 Å². The molecule has 0 unspecified atom stereocenters. The number of aliphatic imine (C=N–C) groups is 2. The summed E-state index contributed by atoms with van der Waals surface area (Å²) in [7, 11) is 12.0. The van der Waals surface area contributed by atoms with Gasteiger partial charge in [0.15, 0.2) is 0 Å². The molecule has 0 bridgehead atoms. The summed E-state index contributed by atoms with van der Waals surface area (Å²) in [6.07, 6.45) is 14.1. The van der Waals surface area contributed by atoms with Crippen molar-refractivity contribution in [2.24, 2.45) is 24.1 Å². The molecule has 0 saturated carbocycles. The van der Waals surface area contributed by atoms with Crippen molar-refractivity contribution in [3.8, 4) is 33.4 Å². The van der Waals surface area contributed by atoms with Crippen molar-refractivity contribution < 1.29 is 43.0 Å². The second-order valence-electron chi connectivity index (χ2n) is 28.0. The molecule has 117 heavy (non-hydrogen) atoms. The molecule has 0 saturated heterocycles. The molecule has 6 N–H and O–H groups in total. The molecule has 1 amide bonds. The highest BCUT2D eigenvalue weighted by molar-refractivity contribution is 9.10. The summed E-state index contributed by atoms with van der Waals surface area (Å²) in [6.45, 7) is 8.38. The van der Waals surface area contributed by atoms with E-state index >= 15 is 0 Å². The molecule has 9 aromatic carbocycles. The second-order valence-corrected chi connectivity index (χ2v) is 29.3. The van der Waals surface area contributed by atoms with E-state index in [1.54, 1.807) is 66.5 Å². The van der Waals surface area contributed by atoms with Crippen LogP contribution in [0.15, 0.2) is 246 Å². The average Bonchev–Trinajstić information content (AvgIpc) is 1.63. The molecule has 2 aliphatic rings. The number of nitrogens with two attached hydrogens (primary N) is 2. The Hall–Kier alpha value is -13.6. The maximum Gasteiger partial charge on any atom is 0.337 e. The number of nitrogen functional groups attached to an aromatic ring is 2. The van der Waals surface area contributed by atoms with Gasteiger partial charge in [0.05, 0.1) is 87.9 Å². The van der Waals surface area contributed by atoms with E-state index in [0.29, 0.717) is 27.9 Å².